The maximum atomic E-state index is 2.42. The number of fused-ring (bicyclic) bond motifs is 3. The van der Waals surface area contributed by atoms with Gasteiger partial charge >= 0.3 is 0 Å². The molecule has 0 saturated heterocycles. The normalized spacial score (nSPS) is 11.6. The van der Waals surface area contributed by atoms with E-state index in [0.717, 1.165) is 0 Å². The molecule has 1 aromatic heterocycles. The molecule has 0 fully saturated rings. The lowest BCUT2D eigenvalue weighted by atomic mass is 10.0. The van der Waals surface area contributed by atoms with Gasteiger partial charge in [0.05, 0.1) is 11.0 Å². The fourth-order valence-corrected chi connectivity index (χ4v) is 11.7. The SMILES string of the molecule is c1ccc(-c2ccc3c(c2)c2ccccc2n3-c2ccc([Si](c3ccccc3)(c3ccccc3)c3ccccc3)cc2)cc1. The molecule has 0 unspecified atom stereocenters. The summed E-state index contributed by atoms with van der Waals surface area (Å²) in [7, 11) is -2.57. The Labute approximate surface area is 259 Å². The van der Waals surface area contributed by atoms with Gasteiger partial charge in [-0.05, 0) is 62.2 Å². The molecule has 0 bridgehead atoms. The highest BCUT2D eigenvalue weighted by Crippen LogP contribution is 2.34. The van der Waals surface area contributed by atoms with E-state index < -0.39 is 8.07 Å². The molecular formula is C42H31NSi. The Morgan fingerprint density at radius 2 is 0.773 bits per heavy atom. The second kappa shape index (κ2) is 11.0. The first-order valence-corrected chi connectivity index (χ1v) is 17.2. The lowest BCUT2D eigenvalue weighted by molar-refractivity contribution is 1.18. The van der Waals surface area contributed by atoms with Crippen LogP contribution < -0.4 is 20.7 Å². The van der Waals surface area contributed by atoms with Gasteiger partial charge in [0, 0.05) is 16.5 Å². The molecule has 8 aromatic rings. The highest BCUT2D eigenvalue weighted by molar-refractivity contribution is 7.19. The van der Waals surface area contributed by atoms with Crippen LogP contribution in [-0.4, -0.2) is 12.6 Å². The van der Waals surface area contributed by atoms with Gasteiger partial charge in [-0.2, -0.15) is 0 Å². The molecule has 44 heavy (non-hydrogen) atoms. The molecule has 0 aliphatic heterocycles. The summed E-state index contributed by atoms with van der Waals surface area (Å²) in [5.41, 5.74) is 6.08. The number of nitrogens with zero attached hydrogens (tertiary/aromatic N) is 1. The monoisotopic (exact) mass is 577 g/mol. The second-order valence-electron chi connectivity index (χ2n) is 11.3. The Morgan fingerprint density at radius 1 is 0.318 bits per heavy atom. The number of para-hydroxylation sites is 1. The van der Waals surface area contributed by atoms with Gasteiger partial charge in [-0.25, -0.2) is 0 Å². The van der Waals surface area contributed by atoms with E-state index in [0.29, 0.717) is 0 Å². The number of hydrogen-bond donors (Lipinski definition) is 0. The molecule has 0 amide bonds. The first kappa shape index (κ1) is 26.2. The molecule has 0 aliphatic carbocycles. The average molecular weight is 578 g/mol. The Kier molecular flexibility index (Phi) is 6.55. The van der Waals surface area contributed by atoms with E-state index >= 15 is 0 Å². The standard InChI is InChI=1S/C42H31NSi/c1-5-15-32(16-6-1)33-25-30-42-40(31-33)39-23-13-14-24-41(39)43(42)34-26-28-38(29-27-34)44(35-17-7-2-8-18-35,36-19-9-3-10-20-36)37-21-11-4-12-22-37/h1-31H. The minimum atomic E-state index is -2.57. The molecule has 0 radical (unpaired) electrons. The van der Waals surface area contributed by atoms with Crippen molar-refractivity contribution in [3.63, 3.8) is 0 Å². The van der Waals surface area contributed by atoms with Crippen LogP contribution in [0.5, 0.6) is 0 Å². The molecule has 1 heterocycles. The van der Waals surface area contributed by atoms with Crippen molar-refractivity contribution < 1.29 is 0 Å². The summed E-state index contributed by atoms with van der Waals surface area (Å²) in [5.74, 6) is 0. The third-order valence-corrected chi connectivity index (χ3v) is 13.8. The van der Waals surface area contributed by atoms with E-state index in [9.17, 15) is 0 Å². The number of hydrogen-bond acceptors (Lipinski definition) is 0. The van der Waals surface area contributed by atoms with Gasteiger partial charge in [0.15, 0.2) is 8.07 Å². The molecule has 8 rings (SSSR count). The van der Waals surface area contributed by atoms with E-state index in [1.807, 2.05) is 0 Å². The van der Waals surface area contributed by atoms with Crippen molar-refractivity contribution in [3.05, 3.63) is 188 Å². The summed E-state index contributed by atoms with van der Waals surface area (Å²) in [6, 6.07) is 69.0. The van der Waals surface area contributed by atoms with Gasteiger partial charge in [-0.3, -0.25) is 0 Å². The van der Waals surface area contributed by atoms with Gasteiger partial charge in [0.2, 0.25) is 0 Å². The van der Waals surface area contributed by atoms with Crippen molar-refractivity contribution in [3.8, 4) is 16.8 Å². The Balaban J connectivity index is 1.34. The van der Waals surface area contributed by atoms with E-state index in [-0.39, 0.29) is 0 Å². The molecule has 0 N–H and O–H groups in total. The van der Waals surface area contributed by atoms with Gasteiger partial charge in [-0.1, -0.05) is 158 Å². The third kappa shape index (κ3) is 4.23. The predicted molar refractivity (Wildman–Crippen MR) is 190 cm³/mol. The predicted octanol–water partition coefficient (Wildman–Crippen LogP) is 7.83. The highest BCUT2D eigenvalue weighted by atomic mass is 28.3. The van der Waals surface area contributed by atoms with Crippen molar-refractivity contribution in [2.75, 3.05) is 0 Å². The highest BCUT2D eigenvalue weighted by Gasteiger charge is 2.41. The second-order valence-corrected chi connectivity index (χ2v) is 15.2. The van der Waals surface area contributed by atoms with Crippen molar-refractivity contribution in [2.24, 2.45) is 0 Å². The minimum absolute atomic E-state index is 1.17. The molecule has 7 aromatic carbocycles. The largest absolute Gasteiger partial charge is 0.309 e. The Hall–Kier alpha value is -5.44. The minimum Gasteiger partial charge on any atom is -0.309 e. The quantitative estimate of drug-likeness (QED) is 0.140. The van der Waals surface area contributed by atoms with Crippen LogP contribution in [0.1, 0.15) is 0 Å². The molecule has 0 atom stereocenters. The number of aromatic nitrogens is 1. The molecule has 208 valence electrons. The van der Waals surface area contributed by atoms with Crippen LogP contribution in [0.25, 0.3) is 38.6 Å². The van der Waals surface area contributed by atoms with Crippen molar-refractivity contribution in [1.29, 1.82) is 0 Å². The van der Waals surface area contributed by atoms with Crippen LogP contribution >= 0.6 is 0 Å². The third-order valence-electron chi connectivity index (χ3n) is 8.96. The van der Waals surface area contributed by atoms with E-state index in [1.54, 1.807) is 0 Å². The average Bonchev–Trinajstić information content (AvgIpc) is 3.44. The van der Waals surface area contributed by atoms with Crippen molar-refractivity contribution in [2.45, 2.75) is 0 Å². The summed E-state index contributed by atoms with van der Waals surface area (Å²) in [5, 5.41) is 8.07. The summed E-state index contributed by atoms with van der Waals surface area (Å²) in [6.45, 7) is 0. The Morgan fingerprint density at radius 3 is 1.34 bits per heavy atom. The molecule has 0 spiro atoms. The van der Waals surface area contributed by atoms with Crippen LogP contribution in [0.4, 0.5) is 0 Å². The summed E-state index contributed by atoms with van der Waals surface area (Å²) in [4.78, 5) is 0. The van der Waals surface area contributed by atoms with Gasteiger partial charge in [0.25, 0.3) is 0 Å². The van der Waals surface area contributed by atoms with Gasteiger partial charge < -0.3 is 4.57 Å². The van der Waals surface area contributed by atoms with Crippen molar-refractivity contribution >= 4 is 50.6 Å². The van der Waals surface area contributed by atoms with Crippen LogP contribution in [0.15, 0.2) is 188 Å². The van der Waals surface area contributed by atoms with Crippen LogP contribution in [-0.2, 0) is 0 Å². The molecule has 2 heteroatoms. The first-order chi connectivity index (χ1) is 21.8. The molecular weight excluding hydrogens is 547 g/mol. The summed E-state index contributed by atoms with van der Waals surface area (Å²) < 4.78 is 2.42. The lowest BCUT2D eigenvalue weighted by Gasteiger charge is -2.34. The summed E-state index contributed by atoms with van der Waals surface area (Å²) in [6.07, 6.45) is 0. The van der Waals surface area contributed by atoms with Crippen LogP contribution in [0.2, 0.25) is 0 Å². The number of rotatable bonds is 6. The molecule has 0 aliphatic rings. The molecule has 0 saturated carbocycles. The summed E-state index contributed by atoms with van der Waals surface area (Å²) >= 11 is 0. The lowest BCUT2D eigenvalue weighted by Crippen LogP contribution is -2.74. The van der Waals surface area contributed by atoms with E-state index in [4.69, 9.17) is 0 Å². The zero-order valence-electron chi connectivity index (χ0n) is 24.3. The maximum Gasteiger partial charge on any atom is 0.179 e. The van der Waals surface area contributed by atoms with Crippen LogP contribution in [0, 0.1) is 0 Å². The van der Waals surface area contributed by atoms with Crippen LogP contribution in [0.3, 0.4) is 0 Å². The fraction of sp³-hybridized carbons (Fsp3) is 0. The molecule has 1 nitrogen and oxygen atoms in total. The van der Waals surface area contributed by atoms with Gasteiger partial charge in [0.1, 0.15) is 0 Å². The maximum absolute atomic E-state index is 2.57. The number of benzene rings is 7. The zero-order chi connectivity index (χ0) is 29.3. The smallest absolute Gasteiger partial charge is 0.179 e. The zero-order valence-corrected chi connectivity index (χ0v) is 25.3. The Bertz CT molecular complexity index is 2090. The first-order valence-electron chi connectivity index (χ1n) is 15.2. The van der Waals surface area contributed by atoms with Crippen molar-refractivity contribution in [1.82, 2.24) is 4.57 Å². The van der Waals surface area contributed by atoms with Gasteiger partial charge in [-0.15, -0.1) is 0 Å². The fourth-order valence-electron chi connectivity index (χ4n) is 6.99. The topological polar surface area (TPSA) is 4.93 Å². The van der Waals surface area contributed by atoms with E-state index in [1.165, 1.54) is 59.4 Å². The van der Waals surface area contributed by atoms with E-state index in [2.05, 4.69) is 193 Å².